The molecule has 0 aromatic carbocycles. The van der Waals surface area contributed by atoms with Crippen LogP contribution in [-0.2, 0) is 24.0 Å². The predicted molar refractivity (Wildman–Crippen MR) is 124 cm³/mol. The quantitative estimate of drug-likeness (QED) is 0.428. The molecule has 0 atom stereocenters. The first-order valence-corrected chi connectivity index (χ1v) is 11.2. The maximum atomic E-state index is 5.19. The van der Waals surface area contributed by atoms with Crippen molar-refractivity contribution in [2.24, 2.45) is 0 Å². The van der Waals surface area contributed by atoms with Crippen molar-refractivity contribution in [3.8, 4) is 0 Å². The number of hydrogen-bond acceptors (Lipinski definition) is 6. The summed E-state index contributed by atoms with van der Waals surface area (Å²) < 4.78 is 7.21. The zero-order chi connectivity index (χ0) is 21.8. The third kappa shape index (κ3) is 4.78. The molecule has 0 bridgehead atoms. The van der Waals surface area contributed by atoms with Crippen molar-refractivity contribution >= 4 is 11.5 Å². The van der Waals surface area contributed by atoms with Gasteiger partial charge in [0, 0.05) is 69.1 Å². The molecule has 1 aliphatic heterocycles. The van der Waals surface area contributed by atoms with Crippen molar-refractivity contribution in [3.05, 3.63) is 83.5 Å². The summed E-state index contributed by atoms with van der Waals surface area (Å²) in [7, 11) is 1.72. The summed E-state index contributed by atoms with van der Waals surface area (Å²) >= 11 is 0. The number of aromatic nitrogens is 5. The molecular weight excluding hydrogens is 400 g/mol. The summed E-state index contributed by atoms with van der Waals surface area (Å²) in [6, 6.07) is 12.5. The number of ether oxygens (including phenoxy) is 1. The minimum Gasteiger partial charge on any atom is -0.384 e. The number of imidazole rings is 1. The van der Waals surface area contributed by atoms with Crippen LogP contribution in [0.3, 0.4) is 0 Å². The van der Waals surface area contributed by atoms with E-state index >= 15 is 0 Å². The molecule has 4 aromatic rings. The van der Waals surface area contributed by atoms with Crippen LogP contribution in [0.1, 0.15) is 41.3 Å². The zero-order valence-electron chi connectivity index (χ0n) is 18.4. The van der Waals surface area contributed by atoms with E-state index in [0.29, 0.717) is 13.0 Å². The van der Waals surface area contributed by atoms with Gasteiger partial charge in [0.25, 0.3) is 0 Å². The molecule has 0 amide bonds. The van der Waals surface area contributed by atoms with Gasteiger partial charge >= 0.3 is 0 Å². The van der Waals surface area contributed by atoms with E-state index in [-0.39, 0.29) is 0 Å². The van der Waals surface area contributed by atoms with Crippen LogP contribution in [0, 0.1) is 0 Å². The van der Waals surface area contributed by atoms with Gasteiger partial charge < -0.3 is 14.0 Å². The van der Waals surface area contributed by atoms with E-state index in [0.717, 1.165) is 60.3 Å². The standard InChI is InChI=1S/C25H28N6O/c1-32-14-8-20-5-4-6-21(27-20)17-23-28-22(18-25(29-23)30-10-2-3-11-30)15-19-7-12-31-13-9-26-24(31)16-19/h4-7,9,12-13,16,18H,2-3,8,10-11,14-15,17H2,1H3. The number of anilines is 1. The molecule has 0 saturated carbocycles. The average molecular weight is 429 g/mol. The molecule has 164 valence electrons. The van der Waals surface area contributed by atoms with E-state index < -0.39 is 0 Å². The highest BCUT2D eigenvalue weighted by Crippen LogP contribution is 2.21. The van der Waals surface area contributed by atoms with Crippen LogP contribution in [0.15, 0.2) is 55.0 Å². The Kier molecular flexibility index (Phi) is 6.07. The van der Waals surface area contributed by atoms with Crippen LogP contribution in [-0.4, -0.2) is 51.1 Å². The molecule has 32 heavy (non-hydrogen) atoms. The molecule has 0 N–H and O–H groups in total. The van der Waals surface area contributed by atoms with E-state index in [9.17, 15) is 0 Å². The summed E-state index contributed by atoms with van der Waals surface area (Å²) in [5.41, 5.74) is 5.20. The molecule has 0 unspecified atom stereocenters. The van der Waals surface area contributed by atoms with E-state index in [1.165, 1.54) is 18.4 Å². The Bertz CT molecular complexity index is 1200. The van der Waals surface area contributed by atoms with Crippen molar-refractivity contribution in [3.63, 3.8) is 0 Å². The Balaban J connectivity index is 1.43. The molecular formula is C25H28N6O. The van der Waals surface area contributed by atoms with Crippen LogP contribution in [0.5, 0.6) is 0 Å². The summed E-state index contributed by atoms with van der Waals surface area (Å²) in [6.45, 7) is 2.78. The number of hydrogen-bond donors (Lipinski definition) is 0. The highest BCUT2D eigenvalue weighted by Gasteiger charge is 2.17. The molecule has 5 rings (SSSR count). The van der Waals surface area contributed by atoms with Crippen LogP contribution < -0.4 is 4.90 Å². The summed E-state index contributed by atoms with van der Waals surface area (Å²) in [5, 5.41) is 0. The second kappa shape index (κ2) is 9.44. The smallest absolute Gasteiger partial charge is 0.136 e. The number of nitrogens with zero attached hydrogens (tertiary/aromatic N) is 6. The molecule has 7 nitrogen and oxygen atoms in total. The molecule has 0 radical (unpaired) electrons. The Labute approximate surface area is 188 Å². The molecule has 0 spiro atoms. The van der Waals surface area contributed by atoms with Gasteiger partial charge in [0.2, 0.25) is 0 Å². The first kappa shape index (κ1) is 20.6. The molecule has 1 fully saturated rings. The fourth-order valence-electron chi connectivity index (χ4n) is 4.22. The minimum atomic E-state index is 0.620. The molecule has 5 heterocycles. The van der Waals surface area contributed by atoms with E-state index in [1.807, 2.05) is 28.9 Å². The number of pyridine rings is 2. The third-order valence-electron chi connectivity index (χ3n) is 5.86. The SMILES string of the molecule is COCCc1cccc(Cc2nc(Cc3ccn4ccnc4c3)cc(N3CCCC3)n2)n1. The summed E-state index contributed by atoms with van der Waals surface area (Å²) in [5.74, 6) is 1.85. The number of rotatable bonds is 8. The van der Waals surface area contributed by atoms with Crippen LogP contribution in [0.25, 0.3) is 5.65 Å². The highest BCUT2D eigenvalue weighted by molar-refractivity contribution is 5.45. The van der Waals surface area contributed by atoms with Crippen molar-refractivity contribution < 1.29 is 4.74 Å². The Morgan fingerprint density at radius 3 is 2.66 bits per heavy atom. The average Bonchev–Trinajstić information content (AvgIpc) is 3.50. The van der Waals surface area contributed by atoms with E-state index in [4.69, 9.17) is 19.7 Å². The first-order valence-electron chi connectivity index (χ1n) is 11.2. The fraction of sp³-hybridized carbons (Fsp3) is 0.360. The Hall–Kier alpha value is -3.32. The van der Waals surface area contributed by atoms with Crippen molar-refractivity contribution in [2.75, 3.05) is 31.7 Å². The van der Waals surface area contributed by atoms with E-state index in [2.05, 4.69) is 40.3 Å². The maximum absolute atomic E-state index is 5.19. The monoisotopic (exact) mass is 428 g/mol. The Morgan fingerprint density at radius 1 is 0.906 bits per heavy atom. The topological polar surface area (TPSA) is 68.4 Å². The lowest BCUT2D eigenvalue weighted by Crippen LogP contribution is -2.20. The summed E-state index contributed by atoms with van der Waals surface area (Å²) in [4.78, 5) is 21.4. The molecule has 1 aliphatic rings. The van der Waals surface area contributed by atoms with Gasteiger partial charge in [-0.2, -0.15) is 0 Å². The lowest BCUT2D eigenvalue weighted by atomic mass is 10.1. The maximum Gasteiger partial charge on any atom is 0.136 e. The van der Waals surface area contributed by atoms with Gasteiger partial charge in [0.05, 0.1) is 18.7 Å². The molecule has 1 saturated heterocycles. The van der Waals surface area contributed by atoms with Crippen LogP contribution >= 0.6 is 0 Å². The van der Waals surface area contributed by atoms with Gasteiger partial charge in [-0.3, -0.25) is 4.98 Å². The Morgan fingerprint density at radius 2 is 1.78 bits per heavy atom. The molecule has 7 heteroatoms. The van der Waals surface area contributed by atoms with Crippen LogP contribution in [0.2, 0.25) is 0 Å². The second-order valence-electron chi connectivity index (χ2n) is 8.27. The van der Waals surface area contributed by atoms with Gasteiger partial charge in [-0.25, -0.2) is 15.0 Å². The van der Waals surface area contributed by atoms with Crippen molar-refractivity contribution in [1.29, 1.82) is 0 Å². The molecule has 0 aliphatic carbocycles. The zero-order valence-corrected chi connectivity index (χ0v) is 18.4. The highest BCUT2D eigenvalue weighted by atomic mass is 16.5. The second-order valence-corrected chi connectivity index (χ2v) is 8.27. The number of methoxy groups -OCH3 is 1. The lowest BCUT2D eigenvalue weighted by Gasteiger charge is -2.18. The third-order valence-corrected chi connectivity index (χ3v) is 5.86. The van der Waals surface area contributed by atoms with Gasteiger partial charge in [0.1, 0.15) is 17.3 Å². The van der Waals surface area contributed by atoms with E-state index in [1.54, 1.807) is 7.11 Å². The van der Waals surface area contributed by atoms with Gasteiger partial charge in [-0.15, -0.1) is 0 Å². The van der Waals surface area contributed by atoms with Gasteiger partial charge in [-0.1, -0.05) is 6.07 Å². The van der Waals surface area contributed by atoms with Crippen molar-refractivity contribution in [1.82, 2.24) is 24.3 Å². The normalized spacial score (nSPS) is 13.8. The van der Waals surface area contributed by atoms with Gasteiger partial charge in [-0.05, 0) is 42.7 Å². The largest absolute Gasteiger partial charge is 0.384 e. The fourth-order valence-corrected chi connectivity index (χ4v) is 4.22. The minimum absolute atomic E-state index is 0.620. The van der Waals surface area contributed by atoms with Gasteiger partial charge in [0.15, 0.2) is 0 Å². The summed E-state index contributed by atoms with van der Waals surface area (Å²) in [6.07, 6.45) is 10.4. The molecule has 4 aromatic heterocycles. The lowest BCUT2D eigenvalue weighted by molar-refractivity contribution is 0.201. The predicted octanol–water partition coefficient (Wildman–Crippen LogP) is 3.49. The number of fused-ring (bicyclic) bond motifs is 1. The van der Waals surface area contributed by atoms with Crippen LogP contribution in [0.4, 0.5) is 5.82 Å². The van der Waals surface area contributed by atoms with Crippen molar-refractivity contribution in [2.45, 2.75) is 32.1 Å². The first-order chi connectivity index (χ1) is 15.8.